The van der Waals surface area contributed by atoms with Gasteiger partial charge in [0.15, 0.2) is 0 Å². The average molecular weight is 403 g/mol. The van der Waals surface area contributed by atoms with Crippen molar-refractivity contribution in [2.45, 2.75) is 45.4 Å². The average Bonchev–Trinajstić information content (AvgIpc) is 2.63. The largest absolute Gasteiger partial charge is 0.384 e. The van der Waals surface area contributed by atoms with Gasteiger partial charge < -0.3 is 5.32 Å². The van der Waals surface area contributed by atoms with Crippen molar-refractivity contribution in [2.75, 3.05) is 11.9 Å². The molecule has 0 atom stereocenters. The maximum absolute atomic E-state index is 6.04. The van der Waals surface area contributed by atoms with Gasteiger partial charge in [-0.15, -0.1) is 0 Å². The highest BCUT2D eigenvalue weighted by molar-refractivity contribution is 6.31. The summed E-state index contributed by atoms with van der Waals surface area (Å²) in [7, 11) is 0. The standard InChI is InChI=1S/C21H24Cl2N4/c1-15-13-17(27-21(23)26-15)7-5-3-2-4-6-11-24-19-10-12-25-20-14-16(22)8-9-18(19)20/h8-10,12-14H,2-7,11H2,1H3,(H,24,25). The summed E-state index contributed by atoms with van der Waals surface area (Å²) in [5.41, 5.74) is 4.01. The lowest BCUT2D eigenvalue weighted by molar-refractivity contribution is 0.619. The maximum atomic E-state index is 6.04. The molecule has 0 fully saturated rings. The quantitative estimate of drug-likeness (QED) is 0.339. The van der Waals surface area contributed by atoms with Gasteiger partial charge in [-0.25, -0.2) is 9.97 Å². The Morgan fingerprint density at radius 2 is 1.74 bits per heavy atom. The minimum atomic E-state index is 0.349. The van der Waals surface area contributed by atoms with Crippen molar-refractivity contribution in [1.82, 2.24) is 15.0 Å². The molecular weight excluding hydrogens is 379 g/mol. The number of unbranched alkanes of at least 4 members (excludes halogenated alkanes) is 4. The molecule has 0 aliphatic heterocycles. The Hall–Kier alpha value is -1.91. The molecule has 3 aromatic rings. The van der Waals surface area contributed by atoms with E-state index in [2.05, 4.69) is 20.3 Å². The van der Waals surface area contributed by atoms with Crippen LogP contribution in [0.5, 0.6) is 0 Å². The normalized spacial score (nSPS) is 11.1. The highest BCUT2D eigenvalue weighted by Gasteiger charge is 2.03. The van der Waals surface area contributed by atoms with Crippen LogP contribution in [0, 0.1) is 6.92 Å². The van der Waals surface area contributed by atoms with Crippen LogP contribution in [0.25, 0.3) is 10.9 Å². The number of hydrogen-bond donors (Lipinski definition) is 1. The molecule has 2 aromatic heterocycles. The second-order valence-electron chi connectivity index (χ2n) is 6.73. The first-order chi connectivity index (χ1) is 13.1. The monoisotopic (exact) mass is 402 g/mol. The fourth-order valence-corrected chi connectivity index (χ4v) is 3.59. The van der Waals surface area contributed by atoms with Crippen molar-refractivity contribution in [3.63, 3.8) is 0 Å². The number of nitrogens with zero attached hydrogens (tertiary/aromatic N) is 3. The van der Waals surface area contributed by atoms with Gasteiger partial charge >= 0.3 is 0 Å². The molecule has 0 unspecified atom stereocenters. The zero-order chi connectivity index (χ0) is 19.1. The molecule has 142 valence electrons. The van der Waals surface area contributed by atoms with E-state index >= 15 is 0 Å². The third kappa shape index (κ3) is 6.05. The second kappa shape index (κ2) is 9.86. The van der Waals surface area contributed by atoms with Crippen LogP contribution in [0.3, 0.4) is 0 Å². The van der Waals surface area contributed by atoms with E-state index in [1.165, 1.54) is 19.3 Å². The molecule has 0 aliphatic carbocycles. The van der Waals surface area contributed by atoms with Crippen LogP contribution in [0.1, 0.15) is 43.5 Å². The topological polar surface area (TPSA) is 50.7 Å². The zero-order valence-corrected chi connectivity index (χ0v) is 17.0. The van der Waals surface area contributed by atoms with Crippen LogP contribution in [0.4, 0.5) is 5.69 Å². The third-order valence-corrected chi connectivity index (χ3v) is 4.91. The predicted octanol–water partition coefficient (Wildman–Crippen LogP) is 6.25. The van der Waals surface area contributed by atoms with Gasteiger partial charge in [-0.1, -0.05) is 30.9 Å². The molecule has 0 bridgehead atoms. The van der Waals surface area contributed by atoms with Crippen LogP contribution in [-0.4, -0.2) is 21.5 Å². The van der Waals surface area contributed by atoms with E-state index in [1.807, 2.05) is 43.5 Å². The van der Waals surface area contributed by atoms with E-state index in [9.17, 15) is 0 Å². The number of hydrogen-bond acceptors (Lipinski definition) is 4. The highest BCUT2D eigenvalue weighted by atomic mass is 35.5. The van der Waals surface area contributed by atoms with Gasteiger partial charge in [0, 0.05) is 40.2 Å². The van der Waals surface area contributed by atoms with Gasteiger partial charge in [0.05, 0.1) is 5.52 Å². The predicted molar refractivity (Wildman–Crippen MR) is 114 cm³/mol. The summed E-state index contributed by atoms with van der Waals surface area (Å²) in [5, 5.41) is 5.70. The molecule has 0 saturated heterocycles. The molecule has 0 aliphatic rings. The van der Waals surface area contributed by atoms with Crippen molar-refractivity contribution >= 4 is 39.8 Å². The summed E-state index contributed by atoms with van der Waals surface area (Å²) >= 11 is 11.9. The van der Waals surface area contributed by atoms with Gasteiger partial charge in [0.25, 0.3) is 0 Å². The maximum Gasteiger partial charge on any atom is 0.222 e. The summed E-state index contributed by atoms with van der Waals surface area (Å²) < 4.78 is 0. The summed E-state index contributed by atoms with van der Waals surface area (Å²) in [6, 6.07) is 9.86. The van der Waals surface area contributed by atoms with Crippen molar-refractivity contribution in [1.29, 1.82) is 0 Å². The lowest BCUT2D eigenvalue weighted by Gasteiger charge is -2.09. The Balaban J connectivity index is 1.34. The first-order valence-electron chi connectivity index (χ1n) is 9.40. The van der Waals surface area contributed by atoms with Gasteiger partial charge in [-0.3, -0.25) is 4.98 Å². The molecule has 0 radical (unpaired) electrons. The van der Waals surface area contributed by atoms with Crippen LogP contribution in [0.15, 0.2) is 36.5 Å². The molecular formula is C21H24Cl2N4. The Kier molecular flexibility index (Phi) is 7.25. The van der Waals surface area contributed by atoms with Gasteiger partial charge in [0.1, 0.15) is 0 Å². The molecule has 0 spiro atoms. The van der Waals surface area contributed by atoms with E-state index in [0.29, 0.717) is 10.3 Å². The number of halogens is 2. The number of aromatic nitrogens is 3. The fraction of sp³-hybridized carbons (Fsp3) is 0.381. The van der Waals surface area contributed by atoms with Crippen molar-refractivity contribution in [3.05, 3.63) is 58.2 Å². The van der Waals surface area contributed by atoms with Gasteiger partial charge in [-0.2, -0.15) is 0 Å². The van der Waals surface area contributed by atoms with Crippen LogP contribution < -0.4 is 5.32 Å². The van der Waals surface area contributed by atoms with Crippen LogP contribution in [-0.2, 0) is 6.42 Å². The van der Waals surface area contributed by atoms with E-state index in [0.717, 1.165) is 53.8 Å². The van der Waals surface area contributed by atoms with E-state index in [1.54, 1.807) is 0 Å². The number of anilines is 1. The number of rotatable bonds is 9. The van der Waals surface area contributed by atoms with Gasteiger partial charge in [0.2, 0.25) is 5.28 Å². The molecule has 4 nitrogen and oxygen atoms in total. The van der Waals surface area contributed by atoms with Crippen LogP contribution >= 0.6 is 23.2 Å². The summed E-state index contributed by atoms with van der Waals surface area (Å²) in [5.74, 6) is 0. The second-order valence-corrected chi connectivity index (χ2v) is 7.51. The molecule has 1 aromatic carbocycles. The van der Waals surface area contributed by atoms with Crippen molar-refractivity contribution in [2.24, 2.45) is 0 Å². The van der Waals surface area contributed by atoms with Crippen molar-refractivity contribution < 1.29 is 0 Å². The third-order valence-electron chi connectivity index (χ3n) is 4.51. The smallest absolute Gasteiger partial charge is 0.222 e. The minimum Gasteiger partial charge on any atom is -0.384 e. The number of benzene rings is 1. The number of pyridine rings is 1. The van der Waals surface area contributed by atoms with E-state index < -0.39 is 0 Å². The molecule has 27 heavy (non-hydrogen) atoms. The Morgan fingerprint density at radius 1 is 0.926 bits per heavy atom. The number of aryl methyl sites for hydroxylation is 2. The molecule has 6 heteroatoms. The lowest BCUT2D eigenvalue weighted by Crippen LogP contribution is -2.02. The highest BCUT2D eigenvalue weighted by Crippen LogP contribution is 2.24. The first kappa shape index (κ1) is 19.8. The molecule has 0 amide bonds. The summed E-state index contributed by atoms with van der Waals surface area (Å²) in [4.78, 5) is 12.7. The first-order valence-corrected chi connectivity index (χ1v) is 10.2. The Bertz CT molecular complexity index is 878. The van der Waals surface area contributed by atoms with E-state index in [-0.39, 0.29) is 0 Å². The molecule has 3 rings (SSSR count). The van der Waals surface area contributed by atoms with Gasteiger partial charge in [-0.05, 0) is 68.1 Å². The Labute approximate surface area is 170 Å². The van der Waals surface area contributed by atoms with Crippen LogP contribution in [0.2, 0.25) is 10.3 Å². The Morgan fingerprint density at radius 3 is 2.59 bits per heavy atom. The lowest BCUT2D eigenvalue weighted by atomic mass is 10.1. The molecule has 1 N–H and O–H groups in total. The number of nitrogens with one attached hydrogen (secondary N) is 1. The fourth-order valence-electron chi connectivity index (χ4n) is 3.18. The summed E-state index contributed by atoms with van der Waals surface area (Å²) in [6.45, 7) is 2.91. The summed E-state index contributed by atoms with van der Waals surface area (Å²) in [6.07, 6.45) is 8.72. The SMILES string of the molecule is Cc1cc(CCCCCCCNc2ccnc3cc(Cl)ccc23)nc(Cl)n1. The zero-order valence-electron chi connectivity index (χ0n) is 15.5. The van der Waals surface area contributed by atoms with Crippen molar-refractivity contribution in [3.8, 4) is 0 Å². The number of fused-ring (bicyclic) bond motifs is 1. The minimum absolute atomic E-state index is 0.349. The molecule has 0 saturated carbocycles. The molecule has 2 heterocycles. The van der Waals surface area contributed by atoms with E-state index in [4.69, 9.17) is 23.2 Å².